The summed E-state index contributed by atoms with van der Waals surface area (Å²) in [5.74, 6) is 0.327. The first-order valence-corrected chi connectivity index (χ1v) is 7.42. The van der Waals surface area contributed by atoms with E-state index in [1.54, 1.807) is 18.2 Å². The Kier molecular flexibility index (Phi) is 3.94. The highest BCUT2D eigenvalue weighted by atomic mass is 79.9. The van der Waals surface area contributed by atoms with Crippen LogP contribution < -0.4 is 5.32 Å². The van der Waals surface area contributed by atoms with Crippen molar-refractivity contribution >= 4 is 27.9 Å². The average Bonchev–Trinajstić information content (AvgIpc) is 3.01. The predicted molar refractivity (Wildman–Crippen MR) is 82.5 cm³/mol. The smallest absolute Gasteiger partial charge is 0.244 e. The molecular weight excluding hydrogens is 334 g/mol. The van der Waals surface area contributed by atoms with Gasteiger partial charge in [-0.3, -0.25) is 4.79 Å². The van der Waals surface area contributed by atoms with Gasteiger partial charge in [0.25, 0.3) is 0 Å². The molecule has 1 aromatic carbocycles. The van der Waals surface area contributed by atoms with Crippen LogP contribution in [-0.2, 0) is 11.2 Å². The topological polar surface area (TPSA) is 62.5 Å². The quantitative estimate of drug-likeness (QED) is 0.839. The lowest BCUT2D eigenvalue weighted by molar-refractivity contribution is -0.117. The molecule has 1 aromatic heterocycles. The second-order valence-electron chi connectivity index (χ2n) is 4.93. The van der Waals surface area contributed by atoms with E-state index < -0.39 is 6.10 Å². The molecule has 21 heavy (non-hydrogen) atoms. The first kappa shape index (κ1) is 14.1. The van der Waals surface area contributed by atoms with Crippen LogP contribution in [0.15, 0.2) is 51.6 Å². The van der Waals surface area contributed by atoms with Gasteiger partial charge in [-0.2, -0.15) is 0 Å². The number of aliphatic hydroxyl groups excluding tert-OH is 1. The number of carbonyl (C=O) groups is 1. The van der Waals surface area contributed by atoms with E-state index in [0.717, 1.165) is 11.1 Å². The molecule has 0 fully saturated rings. The molecule has 2 N–H and O–H groups in total. The minimum absolute atomic E-state index is 0.261. The number of benzene rings is 1. The zero-order valence-electron chi connectivity index (χ0n) is 11.1. The largest absolute Gasteiger partial charge is 0.450 e. The number of aliphatic hydroxyl groups is 1. The molecule has 1 aliphatic carbocycles. The Morgan fingerprint density at radius 2 is 2.14 bits per heavy atom. The summed E-state index contributed by atoms with van der Waals surface area (Å²) >= 11 is 3.20. The van der Waals surface area contributed by atoms with Crippen LogP contribution in [0, 0.1) is 0 Å². The van der Waals surface area contributed by atoms with Crippen molar-refractivity contribution < 1.29 is 14.3 Å². The molecule has 1 amide bonds. The van der Waals surface area contributed by atoms with Crippen molar-refractivity contribution in [3.63, 3.8) is 0 Å². The zero-order chi connectivity index (χ0) is 14.8. The maximum Gasteiger partial charge on any atom is 0.244 e. The molecule has 1 heterocycles. The molecule has 0 bridgehead atoms. The van der Waals surface area contributed by atoms with Gasteiger partial charge in [0.15, 0.2) is 4.67 Å². The lowest BCUT2D eigenvalue weighted by Crippen LogP contribution is -2.32. The molecule has 0 spiro atoms. The summed E-state index contributed by atoms with van der Waals surface area (Å²) in [6.45, 7) is 0. The number of halogens is 1. The molecule has 2 atom stereocenters. The second kappa shape index (κ2) is 5.87. The monoisotopic (exact) mass is 347 g/mol. The maximum absolute atomic E-state index is 12.0. The van der Waals surface area contributed by atoms with E-state index >= 15 is 0 Å². The highest BCUT2D eigenvalue weighted by molar-refractivity contribution is 9.10. The van der Waals surface area contributed by atoms with Gasteiger partial charge in [-0.1, -0.05) is 24.3 Å². The zero-order valence-corrected chi connectivity index (χ0v) is 12.7. The van der Waals surface area contributed by atoms with Crippen LogP contribution in [0.5, 0.6) is 0 Å². The molecule has 108 valence electrons. The van der Waals surface area contributed by atoms with Gasteiger partial charge in [-0.25, -0.2) is 0 Å². The van der Waals surface area contributed by atoms with Gasteiger partial charge in [-0.15, -0.1) is 0 Å². The third-order valence-electron chi connectivity index (χ3n) is 3.49. The van der Waals surface area contributed by atoms with E-state index in [-0.39, 0.29) is 11.9 Å². The summed E-state index contributed by atoms with van der Waals surface area (Å²) in [6.07, 6.45) is 2.97. The highest BCUT2D eigenvalue weighted by Gasteiger charge is 2.31. The fourth-order valence-corrected chi connectivity index (χ4v) is 2.84. The first-order chi connectivity index (χ1) is 10.1. The molecule has 0 radical (unpaired) electrons. The number of fused-ring (bicyclic) bond motifs is 1. The summed E-state index contributed by atoms with van der Waals surface area (Å²) in [5, 5.41) is 12.9. The van der Waals surface area contributed by atoms with Crippen LogP contribution in [0.25, 0.3) is 6.08 Å². The van der Waals surface area contributed by atoms with Gasteiger partial charge in [-0.05, 0) is 45.3 Å². The molecule has 5 heteroatoms. The molecule has 0 unspecified atom stereocenters. The Morgan fingerprint density at radius 1 is 1.33 bits per heavy atom. The molecule has 0 saturated carbocycles. The summed E-state index contributed by atoms with van der Waals surface area (Å²) in [7, 11) is 0. The molecule has 1 aliphatic rings. The van der Waals surface area contributed by atoms with Gasteiger partial charge >= 0.3 is 0 Å². The van der Waals surface area contributed by atoms with Crippen molar-refractivity contribution in [2.24, 2.45) is 0 Å². The van der Waals surface area contributed by atoms with Gasteiger partial charge in [0.1, 0.15) is 5.76 Å². The number of amides is 1. The molecule has 3 rings (SSSR count). The minimum atomic E-state index is -0.586. The van der Waals surface area contributed by atoms with Crippen molar-refractivity contribution in [2.75, 3.05) is 0 Å². The Bertz CT molecular complexity index is 692. The number of nitrogens with one attached hydrogen (secondary N) is 1. The Hall–Kier alpha value is -1.85. The van der Waals surface area contributed by atoms with Gasteiger partial charge in [0.2, 0.25) is 5.91 Å². The van der Waals surface area contributed by atoms with Crippen LogP contribution >= 0.6 is 15.9 Å². The first-order valence-electron chi connectivity index (χ1n) is 6.63. The fourth-order valence-electron chi connectivity index (χ4n) is 2.52. The lowest BCUT2D eigenvalue weighted by Gasteiger charge is -2.16. The number of rotatable bonds is 3. The van der Waals surface area contributed by atoms with E-state index in [0.29, 0.717) is 16.9 Å². The van der Waals surface area contributed by atoms with Gasteiger partial charge in [0, 0.05) is 12.5 Å². The maximum atomic E-state index is 12.0. The standard InChI is InChI=1S/C16H14BrNO3/c17-14-7-5-11(21-14)6-8-15(20)18-16-12-4-2-1-3-10(12)9-13(16)19/h1-8,13,16,19H,9H2,(H,18,20)/b8-6+/t13-,16+/m1/s1. The Balaban J connectivity index is 1.69. The third kappa shape index (κ3) is 3.09. The van der Waals surface area contributed by atoms with Crippen LogP contribution in [0.1, 0.15) is 22.9 Å². The van der Waals surface area contributed by atoms with Gasteiger partial charge < -0.3 is 14.8 Å². The van der Waals surface area contributed by atoms with E-state index in [1.807, 2.05) is 24.3 Å². The summed E-state index contributed by atoms with van der Waals surface area (Å²) in [5.41, 5.74) is 2.06. The summed E-state index contributed by atoms with van der Waals surface area (Å²) in [4.78, 5) is 12.0. The van der Waals surface area contributed by atoms with E-state index in [1.165, 1.54) is 6.08 Å². The van der Waals surface area contributed by atoms with Crippen molar-refractivity contribution in [1.29, 1.82) is 0 Å². The molecule has 4 nitrogen and oxygen atoms in total. The molecular formula is C16H14BrNO3. The van der Waals surface area contributed by atoms with Crippen molar-refractivity contribution in [3.05, 3.63) is 64.0 Å². The summed E-state index contributed by atoms with van der Waals surface area (Å²) < 4.78 is 5.90. The van der Waals surface area contributed by atoms with E-state index in [9.17, 15) is 9.90 Å². The van der Waals surface area contributed by atoms with Crippen molar-refractivity contribution in [1.82, 2.24) is 5.32 Å². The summed E-state index contributed by atoms with van der Waals surface area (Å²) in [6, 6.07) is 10.9. The minimum Gasteiger partial charge on any atom is -0.450 e. The van der Waals surface area contributed by atoms with Crippen molar-refractivity contribution in [2.45, 2.75) is 18.6 Å². The highest BCUT2D eigenvalue weighted by Crippen LogP contribution is 2.31. The van der Waals surface area contributed by atoms with Crippen LogP contribution in [0.2, 0.25) is 0 Å². The SMILES string of the molecule is O=C(/C=C/c1ccc(Br)o1)N[C@H]1c2ccccc2C[C@H]1O. The molecule has 0 saturated heterocycles. The average molecular weight is 348 g/mol. The molecule has 0 aliphatic heterocycles. The molecule has 2 aromatic rings. The predicted octanol–water partition coefficient (Wildman–Crippen LogP) is 2.83. The number of hydrogen-bond acceptors (Lipinski definition) is 3. The van der Waals surface area contributed by atoms with E-state index in [2.05, 4.69) is 21.2 Å². The van der Waals surface area contributed by atoms with Crippen LogP contribution in [0.3, 0.4) is 0 Å². The number of hydrogen-bond donors (Lipinski definition) is 2. The normalized spacial score (nSPS) is 20.7. The fraction of sp³-hybridized carbons (Fsp3) is 0.188. The second-order valence-corrected chi connectivity index (χ2v) is 5.71. The van der Waals surface area contributed by atoms with Crippen LogP contribution in [0.4, 0.5) is 0 Å². The van der Waals surface area contributed by atoms with E-state index in [4.69, 9.17) is 4.42 Å². The van der Waals surface area contributed by atoms with Gasteiger partial charge in [0.05, 0.1) is 12.1 Å². The van der Waals surface area contributed by atoms with Crippen molar-refractivity contribution in [3.8, 4) is 0 Å². The van der Waals surface area contributed by atoms with Crippen LogP contribution in [-0.4, -0.2) is 17.1 Å². The Morgan fingerprint density at radius 3 is 2.90 bits per heavy atom. The Labute approximate surface area is 130 Å². The number of furan rings is 1. The lowest BCUT2D eigenvalue weighted by atomic mass is 10.1. The number of carbonyl (C=O) groups excluding carboxylic acids is 1. The third-order valence-corrected chi connectivity index (χ3v) is 3.92.